The molecule has 2 aliphatic rings. The van der Waals surface area contributed by atoms with E-state index in [4.69, 9.17) is 20.6 Å². The highest BCUT2D eigenvalue weighted by Gasteiger charge is 2.33. The molecule has 4 N–H and O–H groups in total. The Kier molecular flexibility index (Phi) is 4.55. The summed E-state index contributed by atoms with van der Waals surface area (Å²) in [7, 11) is 0. The van der Waals surface area contributed by atoms with Gasteiger partial charge >= 0.3 is 0 Å². The maximum Gasteiger partial charge on any atom is 0.141 e. The van der Waals surface area contributed by atoms with Crippen molar-refractivity contribution in [1.29, 1.82) is 5.41 Å². The number of fused-ring (bicyclic) bond motifs is 1. The topological polar surface area (TPSA) is 106 Å². The molecule has 2 aromatic carbocycles. The number of benzene rings is 2. The number of hydrogen-bond donors (Lipinski definition) is 3. The lowest BCUT2D eigenvalue weighted by Gasteiger charge is -2.38. The molecule has 5 rings (SSSR count). The lowest BCUT2D eigenvalue weighted by atomic mass is 9.88. The second-order valence-corrected chi connectivity index (χ2v) is 8.56. The van der Waals surface area contributed by atoms with E-state index in [1.54, 1.807) is 0 Å². The summed E-state index contributed by atoms with van der Waals surface area (Å²) in [6, 6.07) is 12.0. The molecule has 1 aromatic heterocycles. The van der Waals surface area contributed by atoms with E-state index >= 15 is 0 Å². The lowest BCUT2D eigenvalue weighted by molar-refractivity contribution is -0.0924. The molecule has 7 nitrogen and oxygen atoms in total. The number of rotatable bonds is 7. The van der Waals surface area contributed by atoms with Gasteiger partial charge in [0.2, 0.25) is 0 Å². The van der Waals surface area contributed by atoms with Gasteiger partial charge in [-0.05, 0) is 41.8 Å². The van der Waals surface area contributed by atoms with Gasteiger partial charge < -0.3 is 20.5 Å². The molecule has 0 spiro atoms. The molecule has 0 radical (unpaired) electrons. The maximum absolute atomic E-state index is 8.81. The van der Waals surface area contributed by atoms with Gasteiger partial charge in [-0.2, -0.15) is 0 Å². The summed E-state index contributed by atoms with van der Waals surface area (Å²) in [6.07, 6.45) is 4.07. The third-order valence-electron chi connectivity index (χ3n) is 5.64. The van der Waals surface area contributed by atoms with Gasteiger partial charge in [0.15, 0.2) is 0 Å². The van der Waals surface area contributed by atoms with Gasteiger partial charge in [0.25, 0.3) is 0 Å². The van der Waals surface area contributed by atoms with Crippen molar-refractivity contribution in [1.82, 2.24) is 9.97 Å². The number of nitrogen functional groups attached to an aromatic ring is 1. The summed E-state index contributed by atoms with van der Waals surface area (Å²) < 4.78 is 11.2. The predicted molar refractivity (Wildman–Crippen MR) is 117 cm³/mol. The Bertz CT molecular complexity index is 1120. The molecular formula is C23H25N5O2. The molecule has 1 aliphatic carbocycles. The van der Waals surface area contributed by atoms with E-state index in [1.165, 1.54) is 6.33 Å². The molecule has 1 aliphatic heterocycles. The van der Waals surface area contributed by atoms with Gasteiger partial charge in [0.1, 0.15) is 23.7 Å². The molecule has 1 saturated heterocycles. The van der Waals surface area contributed by atoms with E-state index in [2.05, 4.69) is 28.3 Å². The minimum Gasteiger partial charge on any atom is -0.490 e. The molecule has 30 heavy (non-hydrogen) atoms. The molecule has 0 bridgehead atoms. The number of aromatic nitrogens is 2. The van der Waals surface area contributed by atoms with Crippen molar-refractivity contribution in [3.8, 4) is 5.75 Å². The SMILES string of the molecule is CC1(CNc2ncnc(N)c2C(=N)c2ccc3cc(OC4CC4)ccc3c2)COC1. The molecule has 0 unspecified atom stereocenters. The Morgan fingerprint density at radius 2 is 1.97 bits per heavy atom. The minimum absolute atomic E-state index is 0.0718. The van der Waals surface area contributed by atoms with Crippen molar-refractivity contribution < 1.29 is 9.47 Å². The van der Waals surface area contributed by atoms with Crippen LogP contribution in [0.5, 0.6) is 5.75 Å². The average molecular weight is 403 g/mol. The molecule has 154 valence electrons. The van der Waals surface area contributed by atoms with Gasteiger partial charge in [-0.15, -0.1) is 0 Å². The van der Waals surface area contributed by atoms with Crippen LogP contribution in [0.4, 0.5) is 11.6 Å². The Morgan fingerprint density at radius 1 is 1.20 bits per heavy atom. The quantitative estimate of drug-likeness (QED) is 0.520. The fourth-order valence-corrected chi connectivity index (χ4v) is 3.60. The van der Waals surface area contributed by atoms with Crippen LogP contribution in [-0.4, -0.2) is 41.5 Å². The fraction of sp³-hybridized carbons (Fsp3) is 0.348. The Morgan fingerprint density at radius 3 is 2.70 bits per heavy atom. The van der Waals surface area contributed by atoms with Gasteiger partial charge in [0, 0.05) is 17.5 Å². The number of nitrogens with one attached hydrogen (secondary N) is 2. The van der Waals surface area contributed by atoms with Crippen LogP contribution in [0.1, 0.15) is 30.9 Å². The van der Waals surface area contributed by atoms with Crippen molar-refractivity contribution in [2.45, 2.75) is 25.9 Å². The van der Waals surface area contributed by atoms with Crippen LogP contribution in [0, 0.1) is 10.8 Å². The smallest absolute Gasteiger partial charge is 0.141 e. The van der Waals surface area contributed by atoms with Crippen LogP contribution < -0.4 is 15.8 Å². The first-order chi connectivity index (χ1) is 14.5. The number of ether oxygens (including phenoxy) is 2. The zero-order chi connectivity index (χ0) is 20.7. The Hall–Kier alpha value is -3.19. The first-order valence-electron chi connectivity index (χ1n) is 10.2. The number of nitrogens with two attached hydrogens (primary N) is 1. The van der Waals surface area contributed by atoms with E-state index in [-0.39, 0.29) is 5.41 Å². The van der Waals surface area contributed by atoms with Crippen LogP contribution in [0.25, 0.3) is 10.8 Å². The van der Waals surface area contributed by atoms with E-state index in [9.17, 15) is 0 Å². The van der Waals surface area contributed by atoms with Crippen molar-refractivity contribution >= 4 is 28.1 Å². The Balaban J connectivity index is 1.42. The third kappa shape index (κ3) is 3.68. The monoisotopic (exact) mass is 403 g/mol. The molecule has 2 heterocycles. The molecule has 3 aromatic rings. The molecule has 7 heteroatoms. The normalized spacial score (nSPS) is 17.4. The zero-order valence-corrected chi connectivity index (χ0v) is 16.9. The minimum atomic E-state index is 0.0718. The molecule has 0 amide bonds. The number of nitrogens with zero attached hydrogens (tertiary/aromatic N) is 2. The van der Waals surface area contributed by atoms with E-state index in [0.717, 1.165) is 34.9 Å². The van der Waals surface area contributed by atoms with Crippen LogP contribution in [-0.2, 0) is 4.74 Å². The first-order valence-corrected chi connectivity index (χ1v) is 10.2. The van der Waals surface area contributed by atoms with Gasteiger partial charge in [-0.3, -0.25) is 5.41 Å². The van der Waals surface area contributed by atoms with Crippen molar-refractivity contribution in [3.05, 3.63) is 53.9 Å². The lowest BCUT2D eigenvalue weighted by Crippen LogP contribution is -2.45. The second-order valence-electron chi connectivity index (χ2n) is 8.56. The maximum atomic E-state index is 8.81. The van der Waals surface area contributed by atoms with E-state index in [0.29, 0.717) is 48.8 Å². The molecular weight excluding hydrogens is 378 g/mol. The third-order valence-corrected chi connectivity index (χ3v) is 5.64. The van der Waals surface area contributed by atoms with Crippen molar-refractivity contribution in [2.24, 2.45) is 5.41 Å². The highest BCUT2D eigenvalue weighted by molar-refractivity contribution is 6.17. The van der Waals surface area contributed by atoms with Crippen LogP contribution in [0.3, 0.4) is 0 Å². The highest BCUT2D eigenvalue weighted by Crippen LogP contribution is 2.31. The summed E-state index contributed by atoms with van der Waals surface area (Å²) in [5.41, 5.74) is 7.81. The first kappa shape index (κ1) is 18.8. The van der Waals surface area contributed by atoms with Crippen LogP contribution in [0.2, 0.25) is 0 Å². The van der Waals surface area contributed by atoms with Crippen molar-refractivity contribution in [2.75, 3.05) is 30.8 Å². The molecule has 0 atom stereocenters. The van der Waals surface area contributed by atoms with Gasteiger partial charge in [-0.1, -0.05) is 25.1 Å². The van der Waals surface area contributed by atoms with E-state index in [1.807, 2.05) is 30.3 Å². The standard InChI is InChI=1S/C23H25N5O2/c1-23(11-29-12-23)10-26-22-19(21(25)27-13-28-22)20(24)16-3-2-15-9-18(30-17-6-7-17)5-4-14(15)8-16/h2-5,8-9,13,17,24H,6-7,10-12H2,1H3,(H3,25,26,27,28). The summed E-state index contributed by atoms with van der Waals surface area (Å²) >= 11 is 0. The summed E-state index contributed by atoms with van der Waals surface area (Å²) in [4.78, 5) is 8.47. The van der Waals surface area contributed by atoms with Crippen LogP contribution in [0.15, 0.2) is 42.7 Å². The summed E-state index contributed by atoms with van der Waals surface area (Å²) in [6.45, 7) is 4.28. The van der Waals surface area contributed by atoms with Crippen molar-refractivity contribution in [3.63, 3.8) is 0 Å². The van der Waals surface area contributed by atoms with Gasteiger partial charge in [0.05, 0.1) is 30.6 Å². The van der Waals surface area contributed by atoms with Gasteiger partial charge in [-0.25, -0.2) is 9.97 Å². The molecule has 2 fully saturated rings. The molecule has 1 saturated carbocycles. The largest absolute Gasteiger partial charge is 0.490 e. The average Bonchev–Trinajstić information content (AvgIpc) is 3.54. The van der Waals surface area contributed by atoms with Crippen LogP contribution >= 0.6 is 0 Å². The predicted octanol–water partition coefficient (Wildman–Crippen LogP) is 3.62. The number of hydrogen-bond acceptors (Lipinski definition) is 7. The Labute approximate surface area is 175 Å². The zero-order valence-electron chi connectivity index (χ0n) is 16.9. The summed E-state index contributed by atoms with van der Waals surface area (Å²) in [5.74, 6) is 1.77. The highest BCUT2D eigenvalue weighted by atomic mass is 16.5. The second kappa shape index (κ2) is 7.25. The summed E-state index contributed by atoms with van der Waals surface area (Å²) in [5, 5.41) is 14.3. The van der Waals surface area contributed by atoms with E-state index < -0.39 is 0 Å². The fourth-order valence-electron chi connectivity index (χ4n) is 3.60. The number of anilines is 2.